The molecule has 0 fully saturated rings. The second kappa shape index (κ2) is 6.08. The predicted molar refractivity (Wildman–Crippen MR) is 66.6 cm³/mol. The van der Waals surface area contributed by atoms with Crippen molar-refractivity contribution in [1.29, 1.82) is 0 Å². The molecule has 0 spiro atoms. The quantitative estimate of drug-likeness (QED) is 0.886. The number of nitrogens with one attached hydrogen (secondary N) is 1. The van der Waals surface area contributed by atoms with Crippen LogP contribution in [0, 0.1) is 12.9 Å². The van der Waals surface area contributed by atoms with Gasteiger partial charge in [-0.1, -0.05) is 0 Å². The second-order valence-corrected chi connectivity index (χ2v) is 4.32. The first kappa shape index (κ1) is 14.6. The number of hydrogen-bond donors (Lipinski definition) is 1. The third-order valence-corrected chi connectivity index (χ3v) is 3.03. The molecule has 0 radical (unpaired) electrons. The van der Waals surface area contributed by atoms with Gasteiger partial charge >= 0.3 is 6.55 Å². The van der Waals surface area contributed by atoms with Gasteiger partial charge in [-0.15, -0.1) is 0 Å². The summed E-state index contributed by atoms with van der Waals surface area (Å²) < 4.78 is 41.0. The summed E-state index contributed by atoms with van der Waals surface area (Å²) in [6.07, 6.45) is 1.31. The maximum absolute atomic E-state index is 13.9. The Kier molecular flexibility index (Phi) is 4.43. The van der Waals surface area contributed by atoms with Crippen molar-refractivity contribution in [3.05, 3.63) is 35.2 Å². The van der Waals surface area contributed by atoms with Gasteiger partial charge in [-0.05, 0) is 19.9 Å². The Morgan fingerprint density at radius 1 is 1.35 bits per heavy atom. The summed E-state index contributed by atoms with van der Waals surface area (Å²) in [4.78, 5) is 0. The molecule has 2 heterocycles. The van der Waals surface area contributed by atoms with E-state index in [0.717, 1.165) is 0 Å². The van der Waals surface area contributed by atoms with Crippen LogP contribution in [0.3, 0.4) is 0 Å². The topological polar surface area (TPSA) is 47.7 Å². The maximum Gasteiger partial charge on any atom is 0.333 e. The minimum absolute atomic E-state index is 0.181. The summed E-state index contributed by atoms with van der Waals surface area (Å²) in [7, 11) is 0. The van der Waals surface area contributed by atoms with E-state index >= 15 is 0 Å². The third kappa shape index (κ3) is 2.84. The molecule has 20 heavy (non-hydrogen) atoms. The third-order valence-electron chi connectivity index (χ3n) is 3.03. The fourth-order valence-corrected chi connectivity index (χ4v) is 1.97. The Bertz CT molecular complexity index is 576. The van der Waals surface area contributed by atoms with Crippen molar-refractivity contribution in [3.8, 4) is 0 Å². The molecule has 2 aromatic heterocycles. The minimum atomic E-state index is -2.68. The van der Waals surface area contributed by atoms with Gasteiger partial charge in [0.25, 0.3) is 0 Å². The molecule has 0 amide bonds. The zero-order valence-corrected chi connectivity index (χ0v) is 11.3. The van der Waals surface area contributed by atoms with Crippen molar-refractivity contribution in [3.63, 3.8) is 0 Å². The molecule has 0 saturated heterocycles. The zero-order chi connectivity index (χ0) is 14.7. The molecule has 2 rings (SSSR count). The van der Waals surface area contributed by atoms with Crippen LogP contribution in [0.5, 0.6) is 0 Å². The van der Waals surface area contributed by atoms with Crippen LogP contribution >= 0.6 is 0 Å². The lowest BCUT2D eigenvalue weighted by molar-refractivity contribution is 0.0531. The molecule has 0 atom stereocenters. The van der Waals surface area contributed by atoms with E-state index in [4.69, 9.17) is 0 Å². The van der Waals surface area contributed by atoms with Crippen LogP contribution in [-0.2, 0) is 19.6 Å². The van der Waals surface area contributed by atoms with Gasteiger partial charge in [-0.3, -0.25) is 0 Å². The van der Waals surface area contributed by atoms with Crippen LogP contribution in [0.25, 0.3) is 0 Å². The summed E-state index contributed by atoms with van der Waals surface area (Å²) in [5, 5.41) is 10.5. The fraction of sp³-hybridized carbons (Fsp3) is 0.500. The first-order valence-corrected chi connectivity index (χ1v) is 6.27. The monoisotopic (exact) mass is 287 g/mol. The molecular weight excluding hydrogens is 271 g/mol. The Balaban J connectivity index is 2.00. The maximum atomic E-state index is 13.9. The molecule has 0 aliphatic carbocycles. The largest absolute Gasteiger partial charge is 0.333 e. The van der Waals surface area contributed by atoms with Gasteiger partial charge in [0.05, 0.1) is 11.4 Å². The van der Waals surface area contributed by atoms with Crippen LogP contribution < -0.4 is 5.32 Å². The van der Waals surface area contributed by atoms with Gasteiger partial charge < -0.3 is 5.32 Å². The molecule has 5 nitrogen and oxygen atoms in total. The lowest BCUT2D eigenvalue weighted by atomic mass is 10.2. The molecule has 0 bridgehead atoms. The smallest absolute Gasteiger partial charge is 0.307 e. The van der Waals surface area contributed by atoms with Gasteiger partial charge in [-0.2, -0.15) is 23.4 Å². The summed E-state index contributed by atoms with van der Waals surface area (Å²) in [6, 6.07) is 1.50. The Hall–Kier alpha value is -1.83. The van der Waals surface area contributed by atoms with Crippen LogP contribution in [-0.4, -0.2) is 19.6 Å². The van der Waals surface area contributed by atoms with E-state index in [9.17, 15) is 13.2 Å². The van der Waals surface area contributed by atoms with Gasteiger partial charge in [0.1, 0.15) is 0 Å². The lowest BCUT2D eigenvalue weighted by Gasteiger charge is -2.07. The van der Waals surface area contributed by atoms with Crippen molar-refractivity contribution >= 4 is 0 Å². The van der Waals surface area contributed by atoms with Gasteiger partial charge in [0, 0.05) is 31.4 Å². The standard InChI is InChI=1S/C12H16F3N5/c1-3-19-11(13)10(8(2)18-19)7-16-6-9-4-5-17-20(9)12(14)15/h4-5,12,16H,3,6-7H2,1-2H3. The van der Waals surface area contributed by atoms with E-state index in [1.807, 2.05) is 0 Å². The van der Waals surface area contributed by atoms with E-state index in [0.29, 0.717) is 28.2 Å². The van der Waals surface area contributed by atoms with Crippen molar-refractivity contribution in [2.75, 3.05) is 0 Å². The molecule has 0 aliphatic rings. The number of aryl methyl sites for hydroxylation is 2. The van der Waals surface area contributed by atoms with Crippen LogP contribution in [0.4, 0.5) is 13.2 Å². The van der Waals surface area contributed by atoms with E-state index in [1.165, 1.54) is 16.9 Å². The molecule has 1 N–H and O–H groups in total. The van der Waals surface area contributed by atoms with Gasteiger partial charge in [-0.25, -0.2) is 9.36 Å². The van der Waals surface area contributed by atoms with Crippen molar-refractivity contribution < 1.29 is 13.2 Å². The Labute approximate surface area is 114 Å². The highest BCUT2D eigenvalue weighted by molar-refractivity contribution is 5.17. The Morgan fingerprint density at radius 3 is 2.70 bits per heavy atom. The summed E-state index contributed by atoms with van der Waals surface area (Å²) >= 11 is 0. The molecule has 2 aromatic rings. The number of alkyl halides is 2. The van der Waals surface area contributed by atoms with Crippen LogP contribution in [0.1, 0.15) is 30.4 Å². The van der Waals surface area contributed by atoms with E-state index in [-0.39, 0.29) is 19.0 Å². The van der Waals surface area contributed by atoms with Crippen LogP contribution in [0.2, 0.25) is 0 Å². The molecule has 8 heteroatoms. The Morgan fingerprint density at radius 2 is 2.10 bits per heavy atom. The summed E-state index contributed by atoms with van der Waals surface area (Å²) in [5.74, 6) is -0.389. The van der Waals surface area contributed by atoms with E-state index in [1.54, 1.807) is 13.8 Å². The average Bonchev–Trinajstić information content (AvgIpc) is 2.97. The first-order chi connectivity index (χ1) is 9.54. The van der Waals surface area contributed by atoms with Gasteiger partial charge in [0.15, 0.2) is 0 Å². The highest BCUT2D eigenvalue weighted by atomic mass is 19.3. The van der Waals surface area contributed by atoms with E-state index in [2.05, 4.69) is 15.5 Å². The van der Waals surface area contributed by atoms with Crippen LogP contribution in [0.15, 0.2) is 12.3 Å². The highest BCUT2D eigenvalue weighted by Gasteiger charge is 2.15. The summed E-state index contributed by atoms with van der Waals surface area (Å²) in [6.45, 7) is 1.70. The second-order valence-electron chi connectivity index (χ2n) is 4.32. The number of aromatic nitrogens is 4. The predicted octanol–water partition coefficient (Wildman–Crippen LogP) is 2.23. The SMILES string of the molecule is CCn1nc(C)c(CNCc2ccnn2C(F)F)c1F. The normalized spacial score (nSPS) is 11.5. The number of nitrogens with zero attached hydrogens (tertiary/aromatic N) is 4. The molecule has 0 saturated carbocycles. The van der Waals surface area contributed by atoms with E-state index < -0.39 is 6.55 Å². The fourth-order valence-electron chi connectivity index (χ4n) is 1.97. The molecule has 110 valence electrons. The molecule has 0 aromatic carbocycles. The average molecular weight is 287 g/mol. The number of hydrogen-bond acceptors (Lipinski definition) is 3. The van der Waals surface area contributed by atoms with Crippen molar-refractivity contribution in [2.24, 2.45) is 0 Å². The zero-order valence-electron chi connectivity index (χ0n) is 11.3. The first-order valence-electron chi connectivity index (χ1n) is 6.27. The summed E-state index contributed by atoms with van der Waals surface area (Å²) in [5.41, 5.74) is 1.40. The molecular formula is C12H16F3N5. The minimum Gasteiger partial charge on any atom is -0.307 e. The number of rotatable bonds is 6. The molecule has 0 unspecified atom stereocenters. The molecule has 0 aliphatic heterocycles. The highest BCUT2D eigenvalue weighted by Crippen LogP contribution is 2.14. The number of halogens is 3. The van der Waals surface area contributed by atoms with Crippen molar-refractivity contribution in [1.82, 2.24) is 24.9 Å². The van der Waals surface area contributed by atoms with Gasteiger partial charge in [0.2, 0.25) is 5.95 Å². The lowest BCUT2D eigenvalue weighted by Crippen LogP contribution is -2.17. The van der Waals surface area contributed by atoms with Crippen molar-refractivity contribution in [2.45, 2.75) is 40.0 Å².